The molecule has 3 fully saturated rings. The summed E-state index contributed by atoms with van der Waals surface area (Å²) >= 11 is 0. The Bertz CT molecular complexity index is 1960. The summed E-state index contributed by atoms with van der Waals surface area (Å²) in [5.74, 6) is 1.86. The van der Waals surface area contributed by atoms with E-state index in [1.165, 1.54) is 16.8 Å². The predicted octanol–water partition coefficient (Wildman–Crippen LogP) is 5.05. The molecule has 14 heteroatoms. The molecule has 53 heavy (non-hydrogen) atoms. The second-order valence-electron chi connectivity index (χ2n) is 14.0. The van der Waals surface area contributed by atoms with Gasteiger partial charge >= 0.3 is 0 Å². The van der Waals surface area contributed by atoms with Crippen molar-refractivity contribution >= 4 is 39.2 Å². The number of nitrogens with one attached hydrogen (secondary N) is 1. The summed E-state index contributed by atoms with van der Waals surface area (Å²) in [6.07, 6.45) is 5.50. The number of phenolic OH excluding ortho intramolecular Hbond substituents is 1. The maximum Gasteiger partial charge on any atom is 0.264 e. The molecule has 280 valence electrons. The van der Waals surface area contributed by atoms with Gasteiger partial charge in [0.25, 0.3) is 10.0 Å². The van der Waals surface area contributed by atoms with Gasteiger partial charge in [-0.3, -0.25) is 14.0 Å². The monoisotopic (exact) mass is 740 g/mol. The average Bonchev–Trinajstić information content (AvgIpc) is 3.18. The van der Waals surface area contributed by atoms with Gasteiger partial charge in [-0.15, -0.1) is 0 Å². The number of phenols is 1. The van der Waals surface area contributed by atoms with Crippen molar-refractivity contribution in [2.75, 3.05) is 73.5 Å². The number of hydrogen-bond acceptors (Lipinski definition) is 11. The lowest BCUT2D eigenvalue weighted by Gasteiger charge is -2.36. The summed E-state index contributed by atoms with van der Waals surface area (Å²) < 4.78 is 34.7. The van der Waals surface area contributed by atoms with Crippen LogP contribution in [-0.2, 0) is 26.1 Å². The number of benzene rings is 3. The van der Waals surface area contributed by atoms with Gasteiger partial charge in [0.2, 0.25) is 17.8 Å². The smallest absolute Gasteiger partial charge is 0.264 e. The normalized spacial score (nSPS) is 17.5. The van der Waals surface area contributed by atoms with Crippen molar-refractivity contribution in [3.63, 3.8) is 0 Å². The Balaban J connectivity index is 1.12. The molecule has 3 heterocycles. The Morgan fingerprint density at radius 3 is 2.30 bits per heavy atom. The third-order valence-electron chi connectivity index (χ3n) is 10.3. The molecule has 7 rings (SSSR count). The van der Waals surface area contributed by atoms with Crippen LogP contribution in [0.1, 0.15) is 55.0 Å². The Kier molecular flexibility index (Phi) is 11.4. The number of aryl methyl sites for hydroxylation is 1. The summed E-state index contributed by atoms with van der Waals surface area (Å²) in [5.41, 5.74) is 2.39. The van der Waals surface area contributed by atoms with E-state index in [4.69, 9.17) is 19.7 Å². The number of carbonyl (C=O) groups excluding carboxylic acids is 1. The molecule has 0 atom stereocenters. The van der Waals surface area contributed by atoms with Crippen molar-refractivity contribution in [2.45, 2.75) is 56.4 Å². The molecule has 0 radical (unpaired) electrons. The van der Waals surface area contributed by atoms with E-state index in [9.17, 15) is 18.3 Å². The van der Waals surface area contributed by atoms with Crippen LogP contribution in [0.3, 0.4) is 0 Å². The van der Waals surface area contributed by atoms with Crippen molar-refractivity contribution in [1.82, 2.24) is 24.8 Å². The first kappa shape index (κ1) is 36.6. The molecule has 13 nitrogen and oxygen atoms in total. The van der Waals surface area contributed by atoms with Gasteiger partial charge in [0.1, 0.15) is 11.6 Å². The van der Waals surface area contributed by atoms with Gasteiger partial charge in [-0.2, -0.15) is 15.0 Å². The highest BCUT2D eigenvalue weighted by molar-refractivity contribution is 7.92. The van der Waals surface area contributed by atoms with Crippen molar-refractivity contribution in [3.8, 4) is 5.75 Å². The highest BCUT2D eigenvalue weighted by Gasteiger charge is 2.29. The maximum absolute atomic E-state index is 14.0. The average molecular weight is 741 g/mol. The van der Waals surface area contributed by atoms with Gasteiger partial charge in [0, 0.05) is 56.9 Å². The van der Waals surface area contributed by atoms with E-state index in [1.807, 2.05) is 42.2 Å². The standard InChI is InChI=1S/C39H48N8O5S/c1-29-12-15-33(16-13-29)53(50,51)47(27-30-8-4-2-5-9-30)34-17-14-32(26-35(34)48)40-38-41-37(31-10-6-3-7-11-31)42-39(43-38)46-20-18-44(19-21-46)28-36(49)45-22-24-52-25-23-45/h2,4-5,8-9,12-17,26,31,48H,3,6-7,10-11,18-25,27-28H2,1H3,(H,40,41,42,43). The highest BCUT2D eigenvalue weighted by Crippen LogP contribution is 2.37. The van der Waals surface area contributed by atoms with Crippen molar-refractivity contribution in [1.29, 1.82) is 0 Å². The number of morpholine rings is 1. The molecule has 1 aromatic heterocycles. The van der Waals surface area contributed by atoms with Crippen LogP contribution in [0.15, 0.2) is 77.7 Å². The lowest BCUT2D eigenvalue weighted by Crippen LogP contribution is -2.52. The molecule has 0 unspecified atom stereocenters. The third kappa shape index (κ3) is 8.89. The van der Waals surface area contributed by atoms with Gasteiger partial charge in [-0.05, 0) is 49.6 Å². The molecule has 1 aliphatic carbocycles. The van der Waals surface area contributed by atoms with Crippen molar-refractivity contribution in [3.05, 3.63) is 89.7 Å². The first-order valence-electron chi connectivity index (χ1n) is 18.5. The molecule has 0 spiro atoms. The van der Waals surface area contributed by atoms with Crippen LogP contribution in [0.25, 0.3) is 0 Å². The van der Waals surface area contributed by atoms with Crippen molar-refractivity contribution in [2.24, 2.45) is 0 Å². The number of ether oxygens (including phenoxy) is 1. The number of amides is 1. The van der Waals surface area contributed by atoms with Gasteiger partial charge in [-0.1, -0.05) is 67.3 Å². The minimum Gasteiger partial charge on any atom is -0.506 e. The van der Waals surface area contributed by atoms with Gasteiger partial charge < -0.3 is 25.0 Å². The van der Waals surface area contributed by atoms with E-state index in [-0.39, 0.29) is 34.7 Å². The van der Waals surface area contributed by atoms with Gasteiger partial charge in [0.15, 0.2) is 0 Å². The zero-order chi connectivity index (χ0) is 36.8. The molecule has 2 N–H and O–H groups in total. The van der Waals surface area contributed by atoms with E-state index in [0.717, 1.165) is 42.6 Å². The summed E-state index contributed by atoms with van der Waals surface area (Å²) in [6, 6.07) is 20.8. The van der Waals surface area contributed by atoms with E-state index in [0.29, 0.717) is 76.6 Å². The van der Waals surface area contributed by atoms with E-state index in [1.54, 1.807) is 36.4 Å². The molecular formula is C39H48N8O5S. The summed E-state index contributed by atoms with van der Waals surface area (Å²) in [4.78, 5) is 33.9. The Labute approximate surface area is 311 Å². The van der Waals surface area contributed by atoms with E-state index in [2.05, 4.69) is 15.1 Å². The number of carbonyl (C=O) groups is 1. The summed E-state index contributed by atoms with van der Waals surface area (Å²) in [6.45, 7) is 7.56. The molecule has 4 aromatic rings. The molecule has 3 aliphatic rings. The van der Waals surface area contributed by atoms with Crippen LogP contribution in [-0.4, -0.2) is 103 Å². The highest BCUT2D eigenvalue weighted by atomic mass is 32.2. The summed E-state index contributed by atoms with van der Waals surface area (Å²) in [7, 11) is -4.03. The van der Waals surface area contributed by atoms with Crippen LogP contribution in [0.2, 0.25) is 0 Å². The zero-order valence-electron chi connectivity index (χ0n) is 30.2. The number of anilines is 4. The molecule has 1 saturated carbocycles. The molecule has 1 amide bonds. The number of aromatic nitrogens is 3. The number of nitrogens with zero attached hydrogens (tertiary/aromatic N) is 7. The first-order valence-corrected chi connectivity index (χ1v) is 20.0. The van der Waals surface area contributed by atoms with Crippen molar-refractivity contribution < 1.29 is 23.1 Å². The minimum atomic E-state index is -4.03. The number of hydrogen-bond donors (Lipinski definition) is 2. The molecule has 2 aliphatic heterocycles. The largest absolute Gasteiger partial charge is 0.506 e. The second kappa shape index (κ2) is 16.5. The maximum atomic E-state index is 14.0. The summed E-state index contributed by atoms with van der Waals surface area (Å²) in [5, 5.41) is 14.7. The van der Waals surface area contributed by atoms with Crippen LogP contribution in [0, 0.1) is 6.92 Å². The SMILES string of the molecule is Cc1ccc(S(=O)(=O)N(Cc2ccccc2)c2ccc(Nc3nc(C4CCCCC4)nc(N4CCN(CC(=O)N5CCOCC5)CC4)n3)cc2O)cc1. The Morgan fingerprint density at radius 1 is 0.887 bits per heavy atom. The fourth-order valence-corrected chi connectivity index (χ4v) is 8.63. The zero-order valence-corrected chi connectivity index (χ0v) is 31.0. The fourth-order valence-electron chi connectivity index (χ4n) is 7.16. The molecule has 0 bridgehead atoms. The lowest BCUT2D eigenvalue weighted by molar-refractivity contribution is -0.136. The Morgan fingerprint density at radius 2 is 1.60 bits per heavy atom. The van der Waals surface area contributed by atoms with Crippen LogP contribution in [0.5, 0.6) is 5.75 Å². The number of aromatic hydroxyl groups is 1. The van der Waals surface area contributed by atoms with E-state index >= 15 is 0 Å². The number of piperazine rings is 1. The van der Waals surface area contributed by atoms with Crippen LogP contribution >= 0.6 is 0 Å². The van der Waals surface area contributed by atoms with Gasteiger partial charge in [-0.25, -0.2) is 8.42 Å². The number of sulfonamides is 1. The fraction of sp³-hybridized carbons (Fsp3) is 0.436. The molecular weight excluding hydrogens is 693 g/mol. The quantitative estimate of drug-likeness (QED) is 0.213. The van der Waals surface area contributed by atoms with Gasteiger partial charge in [0.05, 0.1) is 36.9 Å². The Hall–Kier alpha value is -4.79. The second-order valence-corrected chi connectivity index (χ2v) is 15.9. The predicted molar refractivity (Wildman–Crippen MR) is 204 cm³/mol. The molecule has 3 aromatic carbocycles. The van der Waals surface area contributed by atoms with E-state index < -0.39 is 10.0 Å². The lowest BCUT2D eigenvalue weighted by atomic mass is 9.89. The van der Waals surface area contributed by atoms with Crippen LogP contribution < -0.4 is 14.5 Å². The minimum absolute atomic E-state index is 0.0353. The third-order valence-corrected chi connectivity index (χ3v) is 12.0. The van der Waals surface area contributed by atoms with Crippen LogP contribution in [0.4, 0.5) is 23.3 Å². The topological polar surface area (TPSA) is 144 Å². The molecule has 2 saturated heterocycles. The first-order chi connectivity index (χ1) is 25.7. The number of rotatable bonds is 11.